The highest BCUT2D eigenvalue weighted by atomic mass is 35.5. The Morgan fingerprint density at radius 3 is 2.55 bits per heavy atom. The molecule has 1 atom stereocenters. The summed E-state index contributed by atoms with van der Waals surface area (Å²) in [5.74, 6) is -2.35. The summed E-state index contributed by atoms with van der Waals surface area (Å²) in [7, 11) is 1.38. The lowest BCUT2D eigenvalue weighted by atomic mass is 10.1. The van der Waals surface area contributed by atoms with Crippen molar-refractivity contribution in [3.8, 4) is 11.4 Å². The Labute approximate surface area is 181 Å². The number of rotatable bonds is 8. The Bertz CT molecular complexity index is 1070. The summed E-state index contributed by atoms with van der Waals surface area (Å²) < 4.78 is 31.9. The molecule has 2 amide bonds. The van der Waals surface area contributed by atoms with Gasteiger partial charge in [-0.1, -0.05) is 22.8 Å². The minimum absolute atomic E-state index is 0.0653. The highest BCUT2D eigenvalue weighted by Gasteiger charge is 2.23. The Balaban J connectivity index is 1.56. The van der Waals surface area contributed by atoms with Crippen LogP contribution in [0.2, 0.25) is 5.02 Å². The zero-order chi connectivity index (χ0) is 22.4. The van der Waals surface area contributed by atoms with Crippen molar-refractivity contribution in [2.45, 2.75) is 25.3 Å². The van der Waals surface area contributed by atoms with Gasteiger partial charge in [0.15, 0.2) is 11.6 Å². The van der Waals surface area contributed by atoms with Gasteiger partial charge in [-0.3, -0.25) is 9.59 Å². The normalized spacial score (nSPS) is 11.7. The number of nitrogens with zero attached hydrogens (tertiary/aromatic N) is 2. The van der Waals surface area contributed by atoms with E-state index in [1.807, 2.05) is 0 Å². The molecule has 3 aromatic rings. The van der Waals surface area contributed by atoms with Gasteiger partial charge in [0.2, 0.25) is 23.5 Å². The number of hydrogen-bond donors (Lipinski definition) is 2. The molecule has 0 aliphatic carbocycles. The van der Waals surface area contributed by atoms with Crippen molar-refractivity contribution >= 4 is 23.4 Å². The predicted molar refractivity (Wildman–Crippen MR) is 109 cm³/mol. The SMILES string of the molecule is CNC(=O)C(NC(=O)CCCc1nc(-c2ccc(Cl)cc2)no1)c1ccc(F)c(F)c1. The number of amides is 2. The summed E-state index contributed by atoms with van der Waals surface area (Å²) in [6, 6.07) is 8.85. The molecule has 0 spiro atoms. The average molecular weight is 449 g/mol. The van der Waals surface area contributed by atoms with E-state index in [1.54, 1.807) is 24.3 Å². The van der Waals surface area contributed by atoms with Crippen LogP contribution in [0.15, 0.2) is 47.0 Å². The fourth-order valence-corrected chi connectivity index (χ4v) is 2.97. The fraction of sp³-hybridized carbons (Fsp3) is 0.238. The Kier molecular flexibility index (Phi) is 7.30. The van der Waals surface area contributed by atoms with Gasteiger partial charge in [0, 0.05) is 30.5 Å². The third kappa shape index (κ3) is 5.85. The molecular formula is C21H19ClF2N4O3. The van der Waals surface area contributed by atoms with Crippen molar-refractivity contribution in [1.82, 2.24) is 20.8 Å². The van der Waals surface area contributed by atoms with E-state index in [2.05, 4.69) is 20.8 Å². The van der Waals surface area contributed by atoms with E-state index in [9.17, 15) is 18.4 Å². The largest absolute Gasteiger partial charge is 0.357 e. The minimum atomic E-state index is -1.15. The number of likely N-dealkylation sites (N-methyl/N-ethyl adjacent to an activating group) is 1. The molecule has 0 aliphatic rings. The van der Waals surface area contributed by atoms with Gasteiger partial charge in [-0.15, -0.1) is 0 Å². The summed E-state index contributed by atoms with van der Waals surface area (Å²) in [5.41, 5.74) is 0.883. The minimum Gasteiger partial charge on any atom is -0.357 e. The summed E-state index contributed by atoms with van der Waals surface area (Å²) in [6.07, 6.45) is 0.798. The molecule has 0 aliphatic heterocycles. The molecule has 162 valence electrons. The second-order valence-corrected chi connectivity index (χ2v) is 7.10. The maximum atomic E-state index is 13.5. The number of aromatic nitrogens is 2. The van der Waals surface area contributed by atoms with Crippen LogP contribution in [0, 0.1) is 11.6 Å². The smallest absolute Gasteiger partial charge is 0.246 e. The van der Waals surface area contributed by atoms with Crippen molar-refractivity contribution in [1.29, 1.82) is 0 Å². The topological polar surface area (TPSA) is 97.1 Å². The van der Waals surface area contributed by atoms with E-state index < -0.39 is 29.5 Å². The van der Waals surface area contributed by atoms with Crippen LogP contribution in [0.1, 0.15) is 30.3 Å². The highest BCUT2D eigenvalue weighted by Crippen LogP contribution is 2.20. The van der Waals surface area contributed by atoms with Crippen molar-refractivity contribution in [3.05, 3.63) is 70.6 Å². The summed E-state index contributed by atoms with van der Waals surface area (Å²) in [5, 5.41) is 9.43. The number of carbonyl (C=O) groups excluding carboxylic acids is 2. The molecule has 1 heterocycles. The van der Waals surface area contributed by atoms with Gasteiger partial charge in [-0.05, 0) is 48.4 Å². The van der Waals surface area contributed by atoms with E-state index in [0.29, 0.717) is 29.6 Å². The molecule has 7 nitrogen and oxygen atoms in total. The van der Waals surface area contributed by atoms with Crippen LogP contribution in [0.3, 0.4) is 0 Å². The lowest BCUT2D eigenvalue weighted by Gasteiger charge is -2.18. The molecule has 0 saturated carbocycles. The standard InChI is InChI=1S/C21H19ClF2N4O3/c1-25-21(30)19(13-7-10-15(23)16(24)11-13)26-17(29)3-2-4-18-27-20(28-31-18)12-5-8-14(22)9-6-12/h5-11,19H,2-4H2,1H3,(H,25,30)(H,26,29). The first kappa shape index (κ1) is 22.4. The number of aryl methyl sites for hydroxylation is 1. The molecule has 3 rings (SSSR count). The number of hydrogen-bond acceptors (Lipinski definition) is 5. The number of benzene rings is 2. The Hall–Kier alpha value is -3.33. The maximum absolute atomic E-state index is 13.5. The van der Waals surface area contributed by atoms with Crippen molar-refractivity contribution in [2.24, 2.45) is 0 Å². The molecule has 31 heavy (non-hydrogen) atoms. The second kappa shape index (κ2) is 10.1. The number of carbonyl (C=O) groups is 2. The van der Waals surface area contributed by atoms with Crippen molar-refractivity contribution < 1.29 is 22.9 Å². The van der Waals surface area contributed by atoms with Crippen molar-refractivity contribution in [2.75, 3.05) is 7.05 Å². The predicted octanol–water partition coefficient (Wildman–Crippen LogP) is 3.59. The molecule has 1 unspecified atom stereocenters. The molecule has 1 aromatic heterocycles. The molecule has 10 heteroatoms. The fourth-order valence-electron chi connectivity index (χ4n) is 2.84. The molecule has 0 saturated heterocycles. The monoisotopic (exact) mass is 448 g/mol. The zero-order valence-electron chi connectivity index (χ0n) is 16.5. The first-order valence-corrected chi connectivity index (χ1v) is 9.79. The van der Waals surface area contributed by atoms with Crippen molar-refractivity contribution in [3.63, 3.8) is 0 Å². The van der Waals surface area contributed by atoms with Gasteiger partial charge in [0.25, 0.3) is 0 Å². The quantitative estimate of drug-likeness (QED) is 0.549. The van der Waals surface area contributed by atoms with Gasteiger partial charge in [0.1, 0.15) is 6.04 Å². The second-order valence-electron chi connectivity index (χ2n) is 6.66. The molecule has 2 aromatic carbocycles. The van der Waals surface area contributed by atoms with E-state index in [-0.39, 0.29) is 12.0 Å². The first-order chi connectivity index (χ1) is 14.9. The van der Waals surface area contributed by atoms with Gasteiger partial charge < -0.3 is 15.2 Å². The van der Waals surface area contributed by atoms with Crippen LogP contribution in [-0.2, 0) is 16.0 Å². The van der Waals surface area contributed by atoms with E-state index in [1.165, 1.54) is 13.1 Å². The molecule has 0 radical (unpaired) electrons. The van der Waals surface area contributed by atoms with E-state index in [0.717, 1.165) is 17.7 Å². The van der Waals surface area contributed by atoms with E-state index >= 15 is 0 Å². The molecular weight excluding hydrogens is 430 g/mol. The maximum Gasteiger partial charge on any atom is 0.246 e. The Morgan fingerprint density at radius 1 is 1.13 bits per heavy atom. The highest BCUT2D eigenvalue weighted by molar-refractivity contribution is 6.30. The molecule has 0 bridgehead atoms. The van der Waals surface area contributed by atoms with E-state index in [4.69, 9.17) is 16.1 Å². The Morgan fingerprint density at radius 2 is 1.87 bits per heavy atom. The van der Waals surface area contributed by atoms with Crippen LogP contribution in [-0.4, -0.2) is 29.0 Å². The van der Waals surface area contributed by atoms with Gasteiger partial charge in [-0.2, -0.15) is 4.98 Å². The zero-order valence-corrected chi connectivity index (χ0v) is 17.2. The van der Waals surface area contributed by atoms with Crippen LogP contribution in [0.4, 0.5) is 8.78 Å². The summed E-state index contributed by atoms with van der Waals surface area (Å²) >= 11 is 5.86. The molecule has 0 fully saturated rings. The van der Waals surface area contributed by atoms with Crippen LogP contribution < -0.4 is 10.6 Å². The lowest BCUT2D eigenvalue weighted by molar-refractivity contribution is -0.129. The lowest BCUT2D eigenvalue weighted by Crippen LogP contribution is -2.39. The van der Waals surface area contributed by atoms with Crippen LogP contribution in [0.25, 0.3) is 11.4 Å². The van der Waals surface area contributed by atoms with Gasteiger partial charge >= 0.3 is 0 Å². The third-order valence-electron chi connectivity index (χ3n) is 4.46. The third-order valence-corrected chi connectivity index (χ3v) is 4.71. The summed E-state index contributed by atoms with van der Waals surface area (Å²) in [4.78, 5) is 28.7. The van der Waals surface area contributed by atoms with Crippen LogP contribution in [0.5, 0.6) is 0 Å². The molecule has 2 N–H and O–H groups in total. The summed E-state index contributed by atoms with van der Waals surface area (Å²) in [6.45, 7) is 0. The van der Waals surface area contributed by atoms with Gasteiger partial charge in [0.05, 0.1) is 0 Å². The first-order valence-electron chi connectivity index (χ1n) is 9.42. The van der Waals surface area contributed by atoms with Gasteiger partial charge in [-0.25, -0.2) is 8.78 Å². The van der Waals surface area contributed by atoms with Crippen LogP contribution >= 0.6 is 11.6 Å². The average Bonchev–Trinajstić information content (AvgIpc) is 3.23. The number of halogens is 3. The number of nitrogens with one attached hydrogen (secondary N) is 2.